The molecular weight excluding hydrogens is 430 g/mol. The van der Waals surface area contributed by atoms with Crippen LogP contribution in [0.3, 0.4) is 0 Å². The number of hydrogen-bond acceptors (Lipinski definition) is 1. The number of nitrogens with zero attached hydrogens (tertiary/aromatic N) is 1. The van der Waals surface area contributed by atoms with Crippen LogP contribution < -0.4 is 4.40 Å². The second-order valence-electron chi connectivity index (χ2n) is 10.6. The topological polar surface area (TPSA) is 12.9 Å². The van der Waals surface area contributed by atoms with Crippen LogP contribution in [0, 0.1) is 11.2 Å². The number of fused-ring (bicyclic) bond motifs is 2. The molecule has 0 amide bonds. The number of rotatable bonds is 3. The van der Waals surface area contributed by atoms with Gasteiger partial charge in [0.2, 0.25) is 0 Å². The van der Waals surface area contributed by atoms with Crippen molar-refractivity contribution >= 4 is 39.2 Å². The molecule has 1 aromatic heterocycles. The Morgan fingerprint density at radius 3 is 2.30 bits per heavy atom. The van der Waals surface area contributed by atoms with Crippen molar-refractivity contribution < 1.29 is 4.39 Å². The molecule has 0 unspecified atom stereocenters. The fourth-order valence-electron chi connectivity index (χ4n) is 4.28. The Balaban J connectivity index is 1.96. The molecule has 0 bridgehead atoms. The number of aromatic nitrogens is 1. The van der Waals surface area contributed by atoms with Crippen LogP contribution in [0.1, 0.15) is 26.3 Å². The summed E-state index contributed by atoms with van der Waals surface area (Å²) in [4.78, 5) is 4.56. The number of halogens is 1. The van der Waals surface area contributed by atoms with E-state index >= 15 is 0 Å². The predicted octanol–water partition coefficient (Wildman–Crippen LogP) is 7.33. The number of pyridine rings is 1. The van der Waals surface area contributed by atoms with Crippen molar-refractivity contribution in [2.75, 3.05) is 0 Å². The Bertz CT molecular complexity index is 1250. The van der Waals surface area contributed by atoms with Crippen LogP contribution in [0.15, 0.2) is 60.8 Å². The van der Waals surface area contributed by atoms with Gasteiger partial charge in [0.1, 0.15) is 0 Å². The van der Waals surface area contributed by atoms with E-state index in [1.807, 2.05) is 6.07 Å². The molecule has 0 fully saturated rings. The minimum absolute atomic E-state index is 0.159. The summed E-state index contributed by atoms with van der Waals surface area (Å²) in [6, 6.07) is 19.3. The van der Waals surface area contributed by atoms with E-state index in [0.29, 0.717) is 5.39 Å². The molecule has 0 spiro atoms. The summed E-state index contributed by atoms with van der Waals surface area (Å²) in [5.41, 5.74) is 3.27. The Kier molecular flexibility index (Phi) is 5.26. The average Bonchev–Trinajstić information content (AvgIpc) is 2.66. The summed E-state index contributed by atoms with van der Waals surface area (Å²) < 4.78 is 16.2. The molecule has 0 aliphatic rings. The molecule has 0 radical (unpaired) electrons. The first-order chi connectivity index (χ1) is 14.0. The summed E-state index contributed by atoms with van der Waals surface area (Å²) in [5.74, 6) is 7.00. The molecule has 0 aliphatic heterocycles. The van der Waals surface area contributed by atoms with E-state index in [-0.39, 0.29) is 11.2 Å². The van der Waals surface area contributed by atoms with Crippen molar-refractivity contribution in [2.24, 2.45) is 5.41 Å². The van der Waals surface area contributed by atoms with Crippen molar-refractivity contribution in [1.29, 1.82) is 0 Å². The van der Waals surface area contributed by atoms with Gasteiger partial charge in [-0.15, -0.1) is 0 Å². The summed E-state index contributed by atoms with van der Waals surface area (Å²) >= 11 is -2.13. The van der Waals surface area contributed by atoms with Gasteiger partial charge in [0, 0.05) is 0 Å². The molecule has 0 saturated carbocycles. The van der Waals surface area contributed by atoms with E-state index in [1.165, 1.54) is 21.4 Å². The Morgan fingerprint density at radius 1 is 0.867 bits per heavy atom. The number of hydrogen-bond donors (Lipinski definition) is 0. The van der Waals surface area contributed by atoms with E-state index in [0.717, 1.165) is 28.6 Å². The van der Waals surface area contributed by atoms with Crippen LogP contribution >= 0.6 is 0 Å². The fraction of sp³-hybridized carbons (Fsp3) is 0.296. The van der Waals surface area contributed by atoms with Gasteiger partial charge in [-0.1, -0.05) is 0 Å². The Labute approximate surface area is 181 Å². The molecule has 3 heteroatoms. The SMILES string of the molecule is CC(C)(C)Cc1ccc2c(-c3c[c]([Ge]([CH3])([CH3])[CH3])c4ccccc4c3)ncc(F)c2c1. The van der Waals surface area contributed by atoms with Gasteiger partial charge in [0.05, 0.1) is 0 Å². The molecule has 154 valence electrons. The van der Waals surface area contributed by atoms with E-state index in [9.17, 15) is 4.39 Å². The molecular formula is C27H30FGeN. The van der Waals surface area contributed by atoms with E-state index in [2.05, 4.69) is 91.6 Å². The number of benzene rings is 3. The van der Waals surface area contributed by atoms with Gasteiger partial charge in [-0.3, -0.25) is 0 Å². The molecule has 4 rings (SSSR count). The van der Waals surface area contributed by atoms with Crippen LogP contribution in [0.5, 0.6) is 0 Å². The van der Waals surface area contributed by atoms with E-state index in [1.54, 1.807) is 0 Å². The standard InChI is InChI=1S/C27H30FGeN/c1-27(2,3)16-18-11-12-22-23(13-18)24(28)17-30-26(22)20-14-19-9-7-8-10-21(19)25(15-20)29(4,5)6/h7-15,17H,16H2,1-6H3. The zero-order valence-corrected chi connectivity index (χ0v) is 20.9. The monoisotopic (exact) mass is 461 g/mol. The first-order valence-electron chi connectivity index (χ1n) is 10.6. The molecule has 0 atom stereocenters. The van der Waals surface area contributed by atoms with Crippen LogP contribution in [-0.4, -0.2) is 18.3 Å². The molecule has 1 heterocycles. The maximum atomic E-state index is 14.8. The normalized spacial score (nSPS) is 12.6. The first kappa shape index (κ1) is 21.1. The van der Waals surface area contributed by atoms with Gasteiger partial charge in [-0.2, -0.15) is 0 Å². The molecule has 1 nitrogen and oxygen atoms in total. The first-order valence-corrected chi connectivity index (χ1v) is 18.0. The third kappa shape index (κ3) is 4.16. The van der Waals surface area contributed by atoms with Crippen molar-refractivity contribution in [3.8, 4) is 11.3 Å². The fourth-order valence-corrected chi connectivity index (χ4v) is 7.68. The van der Waals surface area contributed by atoms with Gasteiger partial charge < -0.3 is 0 Å². The predicted molar refractivity (Wildman–Crippen MR) is 131 cm³/mol. The van der Waals surface area contributed by atoms with Gasteiger partial charge in [0.15, 0.2) is 0 Å². The third-order valence-electron chi connectivity index (χ3n) is 5.58. The second-order valence-corrected chi connectivity index (χ2v) is 21.1. The van der Waals surface area contributed by atoms with Crippen LogP contribution in [0.2, 0.25) is 17.3 Å². The van der Waals surface area contributed by atoms with Crippen LogP contribution in [0.25, 0.3) is 32.8 Å². The van der Waals surface area contributed by atoms with Crippen LogP contribution in [0.4, 0.5) is 4.39 Å². The quantitative estimate of drug-likeness (QED) is 0.292. The molecule has 4 aromatic rings. The van der Waals surface area contributed by atoms with E-state index < -0.39 is 13.3 Å². The van der Waals surface area contributed by atoms with Crippen molar-refractivity contribution in [3.63, 3.8) is 0 Å². The van der Waals surface area contributed by atoms with Crippen molar-refractivity contribution in [2.45, 2.75) is 44.5 Å². The van der Waals surface area contributed by atoms with Crippen molar-refractivity contribution in [3.05, 3.63) is 72.2 Å². The molecule has 0 N–H and O–H groups in total. The van der Waals surface area contributed by atoms with Crippen molar-refractivity contribution in [1.82, 2.24) is 4.98 Å². The molecule has 3 aromatic carbocycles. The summed E-state index contributed by atoms with van der Waals surface area (Å²) in [6.45, 7) is 6.62. The zero-order chi connectivity index (χ0) is 21.7. The zero-order valence-electron chi connectivity index (χ0n) is 18.8. The Morgan fingerprint density at radius 2 is 1.60 bits per heavy atom. The Hall–Kier alpha value is -2.20. The molecule has 0 aliphatic carbocycles. The third-order valence-corrected chi connectivity index (χ3v) is 9.84. The van der Waals surface area contributed by atoms with Crippen LogP contribution in [-0.2, 0) is 6.42 Å². The minimum atomic E-state index is -2.13. The summed E-state index contributed by atoms with van der Waals surface area (Å²) in [5, 5.41) is 4.12. The van der Waals surface area contributed by atoms with Gasteiger partial charge in [-0.05, 0) is 0 Å². The molecule has 0 saturated heterocycles. The van der Waals surface area contributed by atoms with E-state index in [4.69, 9.17) is 0 Å². The summed E-state index contributed by atoms with van der Waals surface area (Å²) in [7, 11) is 0. The summed E-state index contributed by atoms with van der Waals surface area (Å²) in [6.07, 6.45) is 2.30. The van der Waals surface area contributed by atoms with Gasteiger partial charge in [-0.25, -0.2) is 0 Å². The van der Waals surface area contributed by atoms with Gasteiger partial charge >= 0.3 is 182 Å². The van der Waals surface area contributed by atoms with Gasteiger partial charge in [0.25, 0.3) is 0 Å². The maximum absolute atomic E-state index is 14.8. The second kappa shape index (κ2) is 7.49. The average molecular weight is 460 g/mol. The molecule has 30 heavy (non-hydrogen) atoms.